The number of carbonyl (C=O) groups excluding carboxylic acids is 1. The maximum Gasteiger partial charge on any atom is 0.236 e. The third-order valence-electron chi connectivity index (χ3n) is 3.83. The summed E-state index contributed by atoms with van der Waals surface area (Å²) in [6.07, 6.45) is 0.817. The van der Waals surface area contributed by atoms with Gasteiger partial charge in [-0.1, -0.05) is 37.6 Å². The van der Waals surface area contributed by atoms with Gasteiger partial charge < -0.3 is 5.32 Å². The van der Waals surface area contributed by atoms with E-state index in [-0.39, 0.29) is 12.0 Å². The minimum absolute atomic E-state index is 0.00197. The molecule has 1 N–H and O–H groups in total. The molecule has 2 rings (SSSR count). The van der Waals surface area contributed by atoms with E-state index in [4.69, 9.17) is 11.6 Å². The molecular formula is C15H21ClN2O3S. The van der Waals surface area contributed by atoms with E-state index in [0.29, 0.717) is 18.1 Å². The molecule has 22 heavy (non-hydrogen) atoms. The largest absolute Gasteiger partial charge is 0.352 e. The van der Waals surface area contributed by atoms with Crippen LogP contribution in [0, 0.1) is 0 Å². The molecule has 0 spiro atoms. The van der Waals surface area contributed by atoms with E-state index in [2.05, 4.69) is 5.32 Å². The molecule has 1 aromatic carbocycles. The zero-order valence-electron chi connectivity index (χ0n) is 12.8. The molecule has 1 aliphatic carbocycles. The molecule has 1 amide bonds. The molecule has 0 bridgehead atoms. The summed E-state index contributed by atoms with van der Waals surface area (Å²) in [4.78, 5) is 11.9. The van der Waals surface area contributed by atoms with Gasteiger partial charge in [-0.3, -0.25) is 4.79 Å². The Kier molecular flexibility index (Phi) is 5.47. The molecule has 5 nitrogen and oxygen atoms in total. The number of benzene rings is 1. The summed E-state index contributed by atoms with van der Waals surface area (Å²) in [5.74, 6) is -0.715. The highest BCUT2D eigenvalue weighted by Gasteiger charge is 2.40. The monoisotopic (exact) mass is 344 g/mol. The second kappa shape index (κ2) is 6.98. The Hall–Kier alpha value is -1.11. The maximum absolute atomic E-state index is 12.0. The van der Waals surface area contributed by atoms with E-state index in [1.165, 1.54) is 4.31 Å². The second-order valence-corrected chi connectivity index (χ2v) is 7.82. The van der Waals surface area contributed by atoms with Gasteiger partial charge in [0.2, 0.25) is 15.9 Å². The van der Waals surface area contributed by atoms with Gasteiger partial charge in [-0.25, -0.2) is 12.7 Å². The SMILES string of the molecule is CCN(CC)S(=O)(=O)CC(=O)N[C@@H]1C[C@@H]1c1cccc(Cl)c1. The smallest absolute Gasteiger partial charge is 0.236 e. The lowest BCUT2D eigenvalue weighted by molar-refractivity contribution is -0.118. The van der Waals surface area contributed by atoms with Crippen molar-refractivity contribution in [3.8, 4) is 0 Å². The highest BCUT2D eigenvalue weighted by atomic mass is 35.5. The summed E-state index contributed by atoms with van der Waals surface area (Å²) < 4.78 is 25.4. The minimum atomic E-state index is -3.53. The first kappa shape index (κ1) is 17.2. The highest BCUT2D eigenvalue weighted by molar-refractivity contribution is 7.89. The Bertz CT molecular complexity index is 644. The number of sulfonamides is 1. The molecule has 1 aliphatic rings. The summed E-state index contributed by atoms with van der Waals surface area (Å²) in [6.45, 7) is 4.27. The molecule has 0 saturated heterocycles. The third-order valence-corrected chi connectivity index (χ3v) is 5.99. The zero-order valence-corrected chi connectivity index (χ0v) is 14.3. The molecule has 1 saturated carbocycles. The van der Waals surface area contributed by atoms with Crippen molar-refractivity contribution >= 4 is 27.5 Å². The maximum atomic E-state index is 12.0. The Morgan fingerprint density at radius 1 is 1.36 bits per heavy atom. The first-order valence-corrected chi connectivity index (χ1v) is 9.38. The lowest BCUT2D eigenvalue weighted by Gasteiger charge is -2.17. The molecular weight excluding hydrogens is 324 g/mol. The number of nitrogens with one attached hydrogen (secondary N) is 1. The lowest BCUT2D eigenvalue weighted by Crippen LogP contribution is -2.40. The standard InChI is InChI=1S/C15H21ClN2O3S/c1-3-18(4-2)22(20,21)10-15(19)17-14-9-13(14)11-6-5-7-12(16)8-11/h5-8,13-14H,3-4,9-10H2,1-2H3,(H,17,19)/t13-,14-/m1/s1. The molecule has 0 aliphatic heterocycles. The van der Waals surface area contributed by atoms with Crippen molar-refractivity contribution in [3.05, 3.63) is 34.9 Å². The first-order chi connectivity index (χ1) is 10.4. The van der Waals surface area contributed by atoms with Crippen LogP contribution < -0.4 is 5.32 Å². The summed E-state index contributed by atoms with van der Waals surface area (Å²) in [7, 11) is -3.53. The summed E-state index contributed by atoms with van der Waals surface area (Å²) >= 11 is 5.95. The fourth-order valence-corrected chi connectivity index (χ4v) is 4.17. The molecule has 122 valence electrons. The molecule has 0 radical (unpaired) electrons. The zero-order chi connectivity index (χ0) is 16.3. The molecule has 7 heteroatoms. The van der Waals surface area contributed by atoms with Gasteiger partial charge >= 0.3 is 0 Å². The fourth-order valence-electron chi connectivity index (χ4n) is 2.58. The molecule has 2 atom stereocenters. The van der Waals surface area contributed by atoms with Crippen LogP contribution in [0.4, 0.5) is 0 Å². The number of rotatable bonds is 7. The number of halogens is 1. The van der Waals surface area contributed by atoms with Crippen LogP contribution in [-0.4, -0.2) is 43.5 Å². The van der Waals surface area contributed by atoms with E-state index in [1.54, 1.807) is 19.9 Å². The molecule has 1 aromatic rings. The average Bonchev–Trinajstić information content (AvgIpc) is 3.18. The number of carbonyl (C=O) groups is 1. The first-order valence-electron chi connectivity index (χ1n) is 7.40. The second-order valence-electron chi connectivity index (χ2n) is 5.41. The summed E-state index contributed by atoms with van der Waals surface area (Å²) in [5, 5.41) is 3.46. The van der Waals surface area contributed by atoms with Crippen LogP contribution in [0.5, 0.6) is 0 Å². The fraction of sp³-hybridized carbons (Fsp3) is 0.533. The van der Waals surface area contributed by atoms with Crippen molar-refractivity contribution in [2.24, 2.45) is 0 Å². The van der Waals surface area contributed by atoms with Gasteiger partial charge in [-0.2, -0.15) is 0 Å². The molecule has 0 unspecified atom stereocenters. The van der Waals surface area contributed by atoms with Crippen LogP contribution in [0.3, 0.4) is 0 Å². The van der Waals surface area contributed by atoms with Crippen LogP contribution in [0.15, 0.2) is 24.3 Å². The van der Waals surface area contributed by atoms with Crippen molar-refractivity contribution in [3.63, 3.8) is 0 Å². The normalized spacial score (nSPS) is 20.9. The number of hydrogen-bond acceptors (Lipinski definition) is 3. The number of amides is 1. The Balaban J connectivity index is 1.89. The Labute approximate surface area is 136 Å². The van der Waals surface area contributed by atoms with Crippen LogP contribution in [0.25, 0.3) is 0 Å². The van der Waals surface area contributed by atoms with Crippen molar-refractivity contribution in [1.82, 2.24) is 9.62 Å². The van der Waals surface area contributed by atoms with Crippen molar-refractivity contribution in [1.29, 1.82) is 0 Å². The van der Waals surface area contributed by atoms with Crippen LogP contribution in [0.1, 0.15) is 31.7 Å². The predicted molar refractivity (Wildman–Crippen MR) is 87.4 cm³/mol. The summed E-state index contributed by atoms with van der Waals surface area (Å²) in [5.41, 5.74) is 1.07. The molecule has 0 aromatic heterocycles. The van der Waals surface area contributed by atoms with E-state index in [1.807, 2.05) is 18.2 Å². The summed E-state index contributed by atoms with van der Waals surface area (Å²) in [6, 6.07) is 7.52. The van der Waals surface area contributed by atoms with Gasteiger partial charge in [0.25, 0.3) is 0 Å². The van der Waals surface area contributed by atoms with Gasteiger partial charge in [-0.05, 0) is 24.1 Å². The minimum Gasteiger partial charge on any atom is -0.352 e. The Morgan fingerprint density at radius 2 is 2.05 bits per heavy atom. The topological polar surface area (TPSA) is 66.5 Å². The Morgan fingerprint density at radius 3 is 2.64 bits per heavy atom. The number of nitrogens with zero attached hydrogens (tertiary/aromatic N) is 1. The van der Waals surface area contributed by atoms with Gasteiger partial charge in [-0.15, -0.1) is 0 Å². The quantitative estimate of drug-likeness (QED) is 0.822. The van der Waals surface area contributed by atoms with Gasteiger partial charge in [0.1, 0.15) is 5.75 Å². The van der Waals surface area contributed by atoms with E-state index >= 15 is 0 Å². The molecule has 1 fully saturated rings. The van der Waals surface area contributed by atoms with Gasteiger partial charge in [0.15, 0.2) is 0 Å². The van der Waals surface area contributed by atoms with E-state index < -0.39 is 21.7 Å². The van der Waals surface area contributed by atoms with Gasteiger partial charge in [0, 0.05) is 30.1 Å². The third kappa shape index (κ3) is 4.21. The average molecular weight is 345 g/mol. The van der Waals surface area contributed by atoms with Crippen molar-refractivity contribution < 1.29 is 13.2 Å². The van der Waals surface area contributed by atoms with Crippen LogP contribution in [0.2, 0.25) is 5.02 Å². The van der Waals surface area contributed by atoms with Crippen molar-refractivity contribution in [2.75, 3.05) is 18.8 Å². The lowest BCUT2D eigenvalue weighted by atomic mass is 10.1. The van der Waals surface area contributed by atoms with E-state index in [0.717, 1.165) is 12.0 Å². The molecule has 0 heterocycles. The van der Waals surface area contributed by atoms with E-state index in [9.17, 15) is 13.2 Å². The van der Waals surface area contributed by atoms with Crippen LogP contribution in [-0.2, 0) is 14.8 Å². The van der Waals surface area contributed by atoms with Gasteiger partial charge in [0.05, 0.1) is 0 Å². The number of hydrogen-bond donors (Lipinski definition) is 1. The highest BCUT2D eigenvalue weighted by Crippen LogP contribution is 2.41. The van der Waals surface area contributed by atoms with Crippen LogP contribution >= 0.6 is 11.6 Å². The predicted octanol–water partition coefficient (Wildman–Crippen LogP) is 1.98. The van der Waals surface area contributed by atoms with Crippen molar-refractivity contribution in [2.45, 2.75) is 32.2 Å².